The maximum atomic E-state index is 13.7. The molecule has 0 spiro atoms. The van der Waals surface area contributed by atoms with Gasteiger partial charge in [0.1, 0.15) is 24.0 Å². The highest BCUT2D eigenvalue weighted by atomic mass is 16.5. The SMILES string of the molecule is Cn1c(=O)ccc2c(OC3C(C)(C)C(NC(=O)c4ccc(N5CCC(CN6CCN(c7ccc8c(=O)n(C9CCC(=O)NC9=O)ncc8c7)CC6)CC5)cc4)C3(C)C)ccc(C#N)c21. The van der Waals surface area contributed by atoms with Crippen LogP contribution >= 0.6 is 0 Å². The van der Waals surface area contributed by atoms with Crippen LogP contribution in [0.4, 0.5) is 11.4 Å². The number of amides is 3. The Labute approximate surface area is 371 Å². The number of piperazine rings is 1. The molecule has 3 aliphatic heterocycles. The second-order valence-corrected chi connectivity index (χ2v) is 19.2. The van der Waals surface area contributed by atoms with Crippen LogP contribution in [0, 0.1) is 28.1 Å². The number of ether oxygens (including phenoxy) is 1. The zero-order chi connectivity index (χ0) is 45.1. The largest absolute Gasteiger partial charge is 0.488 e. The van der Waals surface area contributed by atoms with Crippen molar-refractivity contribution in [3.8, 4) is 11.8 Å². The van der Waals surface area contributed by atoms with Crippen molar-refractivity contribution in [1.82, 2.24) is 29.9 Å². The topological polar surface area (TPSA) is 175 Å². The first-order valence-electron chi connectivity index (χ1n) is 22.3. The molecule has 3 saturated heterocycles. The molecule has 0 radical (unpaired) electrons. The molecule has 1 aliphatic carbocycles. The summed E-state index contributed by atoms with van der Waals surface area (Å²) in [6, 6.07) is 21.7. The van der Waals surface area contributed by atoms with Crippen molar-refractivity contribution in [2.45, 2.75) is 71.6 Å². The van der Waals surface area contributed by atoms with E-state index < -0.39 is 22.8 Å². The van der Waals surface area contributed by atoms with Gasteiger partial charge in [0.25, 0.3) is 22.9 Å². The van der Waals surface area contributed by atoms with Gasteiger partial charge in [-0.15, -0.1) is 0 Å². The highest BCUT2D eigenvalue weighted by molar-refractivity contribution is 5.99. The van der Waals surface area contributed by atoms with E-state index in [0.29, 0.717) is 39.1 Å². The van der Waals surface area contributed by atoms with Crippen LogP contribution in [0.2, 0.25) is 0 Å². The van der Waals surface area contributed by atoms with Gasteiger partial charge in [0.05, 0.1) is 22.7 Å². The molecule has 15 nitrogen and oxygen atoms in total. The van der Waals surface area contributed by atoms with Gasteiger partial charge in [0.15, 0.2) is 0 Å². The van der Waals surface area contributed by atoms with Crippen LogP contribution in [0.5, 0.6) is 5.75 Å². The van der Waals surface area contributed by atoms with Gasteiger partial charge in [-0.2, -0.15) is 10.4 Å². The van der Waals surface area contributed by atoms with E-state index in [0.717, 1.165) is 75.4 Å². The normalized spacial score (nSPS) is 22.5. The summed E-state index contributed by atoms with van der Waals surface area (Å²) in [5, 5.41) is 21.6. The van der Waals surface area contributed by atoms with Crippen molar-refractivity contribution in [3.05, 3.63) is 105 Å². The number of benzene rings is 3. The smallest absolute Gasteiger partial charge is 0.275 e. The molecule has 3 amide bonds. The van der Waals surface area contributed by atoms with E-state index in [1.807, 2.05) is 30.3 Å². The Kier molecular flexibility index (Phi) is 11.1. The molecule has 2 N–H and O–H groups in total. The summed E-state index contributed by atoms with van der Waals surface area (Å²) in [7, 11) is 1.66. The molecule has 15 heteroatoms. The molecule has 1 unspecified atom stereocenters. The van der Waals surface area contributed by atoms with Gasteiger partial charge in [-0.3, -0.25) is 34.2 Å². The van der Waals surface area contributed by atoms with Gasteiger partial charge < -0.3 is 24.4 Å². The predicted molar refractivity (Wildman–Crippen MR) is 245 cm³/mol. The van der Waals surface area contributed by atoms with Gasteiger partial charge in [-0.05, 0) is 85.8 Å². The number of hydrogen-bond acceptors (Lipinski definition) is 11. The summed E-state index contributed by atoms with van der Waals surface area (Å²) in [6.45, 7) is 15.1. The fourth-order valence-electron chi connectivity index (χ4n) is 11.1. The molecule has 4 aliphatic rings. The van der Waals surface area contributed by atoms with Crippen molar-refractivity contribution in [2.24, 2.45) is 23.8 Å². The number of imide groups is 1. The number of pyridine rings is 1. The number of piperidine rings is 2. The number of carbonyl (C=O) groups excluding carboxylic acids is 3. The third kappa shape index (κ3) is 7.67. The summed E-state index contributed by atoms with van der Waals surface area (Å²) in [5.74, 6) is 0.267. The number of nitrogens with zero attached hydrogens (tertiary/aromatic N) is 7. The molecular formula is C49H55N9O6. The second kappa shape index (κ2) is 16.5. The van der Waals surface area contributed by atoms with Crippen molar-refractivity contribution in [2.75, 3.05) is 55.6 Å². The Bertz CT molecular complexity index is 2810. The molecule has 0 bridgehead atoms. The average molecular weight is 866 g/mol. The minimum atomic E-state index is -0.786. The van der Waals surface area contributed by atoms with Gasteiger partial charge in [0, 0.05) is 110 Å². The van der Waals surface area contributed by atoms with Crippen molar-refractivity contribution in [3.63, 3.8) is 0 Å². The zero-order valence-corrected chi connectivity index (χ0v) is 37.1. The lowest BCUT2D eigenvalue weighted by Gasteiger charge is -2.63. The van der Waals surface area contributed by atoms with Crippen molar-refractivity contribution < 1.29 is 19.1 Å². The summed E-state index contributed by atoms with van der Waals surface area (Å²) in [6.07, 6.45) is 4.03. The zero-order valence-electron chi connectivity index (χ0n) is 37.1. The summed E-state index contributed by atoms with van der Waals surface area (Å²) < 4.78 is 9.36. The van der Waals surface area contributed by atoms with Crippen molar-refractivity contribution >= 4 is 50.8 Å². The number of carbonyl (C=O) groups is 3. The lowest BCUT2D eigenvalue weighted by atomic mass is 9.49. The number of fused-ring (bicyclic) bond motifs is 2. The average Bonchev–Trinajstić information content (AvgIpc) is 3.29. The van der Waals surface area contributed by atoms with Gasteiger partial charge in [-0.25, -0.2) is 4.68 Å². The first-order valence-corrected chi connectivity index (χ1v) is 22.3. The maximum Gasteiger partial charge on any atom is 0.275 e. The number of aryl methyl sites for hydroxylation is 1. The molecule has 4 fully saturated rings. The molecule has 332 valence electrons. The molecule has 1 atom stereocenters. The fourth-order valence-corrected chi connectivity index (χ4v) is 11.1. The first kappa shape index (κ1) is 42.8. The molecule has 9 rings (SSSR count). The number of hydrogen-bond donors (Lipinski definition) is 2. The summed E-state index contributed by atoms with van der Waals surface area (Å²) in [4.78, 5) is 70.7. The molecule has 2 aromatic heterocycles. The summed E-state index contributed by atoms with van der Waals surface area (Å²) in [5.41, 5.74) is 2.37. The van der Waals surface area contributed by atoms with Gasteiger partial charge in [0.2, 0.25) is 5.91 Å². The number of nitriles is 1. The molecule has 5 aromatic rings. The van der Waals surface area contributed by atoms with Crippen LogP contribution in [-0.4, -0.2) is 94.9 Å². The third-order valence-electron chi connectivity index (χ3n) is 14.4. The van der Waals surface area contributed by atoms with E-state index in [-0.39, 0.29) is 47.9 Å². The van der Waals surface area contributed by atoms with Gasteiger partial charge in [-0.1, -0.05) is 27.7 Å². The minimum Gasteiger partial charge on any atom is -0.488 e. The quantitative estimate of drug-likeness (QED) is 0.196. The second-order valence-electron chi connectivity index (χ2n) is 19.2. The van der Waals surface area contributed by atoms with E-state index in [9.17, 15) is 29.2 Å². The monoisotopic (exact) mass is 865 g/mol. The van der Waals surface area contributed by atoms with Crippen molar-refractivity contribution in [1.29, 1.82) is 5.26 Å². The number of aromatic nitrogens is 3. The van der Waals surface area contributed by atoms with Crippen LogP contribution in [-0.2, 0) is 16.6 Å². The minimum absolute atomic E-state index is 0.122. The highest BCUT2D eigenvalue weighted by Gasteiger charge is 2.64. The standard InChI is InChI=1S/C49H55N9O6/c1-48(2)46(49(3,4)47(48)64-39-15-8-32(27-50)42-37(39)13-17-41(60)54(42)5)53-43(61)31-6-9-34(10-7-31)56-20-18-30(19-21-56)29-55-22-24-57(25-23-55)35-11-12-36-33(26-35)28-51-58(45(36)63)38-14-16-40(59)52-44(38)62/h6-13,15,17,26,28,30,38,46-47H,14,16,18-25,29H2,1-5H3,(H,53,61)(H,52,59,62). The van der Waals surface area contributed by atoms with E-state index in [1.54, 1.807) is 31.4 Å². The van der Waals surface area contributed by atoms with Crippen LogP contribution in [0.1, 0.15) is 75.3 Å². The highest BCUT2D eigenvalue weighted by Crippen LogP contribution is 2.56. The van der Waals surface area contributed by atoms with E-state index in [4.69, 9.17) is 4.74 Å². The van der Waals surface area contributed by atoms with Crippen LogP contribution in [0.3, 0.4) is 0 Å². The van der Waals surface area contributed by atoms with E-state index >= 15 is 0 Å². The Hall–Kier alpha value is -6.53. The van der Waals surface area contributed by atoms with Gasteiger partial charge >= 0.3 is 0 Å². The lowest BCUT2D eigenvalue weighted by molar-refractivity contribution is -0.163. The van der Waals surface area contributed by atoms with Crippen LogP contribution in [0.15, 0.2) is 82.5 Å². The number of anilines is 2. The Balaban J connectivity index is 0.749. The third-order valence-corrected chi connectivity index (χ3v) is 14.4. The lowest BCUT2D eigenvalue weighted by Crippen LogP contribution is -2.74. The summed E-state index contributed by atoms with van der Waals surface area (Å²) >= 11 is 0. The molecule has 5 heterocycles. The van der Waals surface area contributed by atoms with E-state index in [1.165, 1.54) is 15.3 Å². The molecule has 3 aromatic carbocycles. The predicted octanol–water partition coefficient (Wildman–Crippen LogP) is 4.75. The Morgan fingerprint density at radius 2 is 1.52 bits per heavy atom. The Morgan fingerprint density at radius 1 is 0.844 bits per heavy atom. The number of rotatable bonds is 9. The fraction of sp³-hybridized carbons (Fsp3) is 0.449. The molecular weight excluding hydrogens is 811 g/mol. The first-order chi connectivity index (χ1) is 30.6. The van der Waals surface area contributed by atoms with Crippen LogP contribution < -0.4 is 36.3 Å². The molecule has 1 saturated carbocycles. The maximum absolute atomic E-state index is 13.7. The molecule has 64 heavy (non-hydrogen) atoms. The van der Waals surface area contributed by atoms with E-state index in [2.05, 4.69) is 76.3 Å². The number of nitrogens with one attached hydrogen (secondary N) is 2. The Morgan fingerprint density at radius 3 is 2.20 bits per heavy atom. The van der Waals surface area contributed by atoms with Crippen LogP contribution in [0.25, 0.3) is 21.7 Å².